The number of nitrogens with two attached hydrogens (primary N) is 2. The van der Waals surface area contributed by atoms with E-state index in [2.05, 4.69) is 4.98 Å². The van der Waals surface area contributed by atoms with Gasteiger partial charge in [0.25, 0.3) is 0 Å². The Morgan fingerprint density at radius 2 is 1.89 bits per heavy atom. The van der Waals surface area contributed by atoms with Crippen LogP contribution in [0.3, 0.4) is 0 Å². The van der Waals surface area contributed by atoms with Crippen molar-refractivity contribution >= 4 is 11.3 Å². The Morgan fingerprint density at radius 3 is 2.47 bits per heavy atom. The second-order valence-electron chi connectivity index (χ2n) is 5.60. The molecule has 106 valence electrons. The van der Waals surface area contributed by atoms with Gasteiger partial charge >= 0.3 is 0 Å². The van der Waals surface area contributed by atoms with Crippen LogP contribution in [0.15, 0.2) is 0 Å². The summed E-state index contributed by atoms with van der Waals surface area (Å²) >= 11 is 1.49. The molecule has 1 atom stereocenters. The van der Waals surface area contributed by atoms with E-state index in [9.17, 15) is 5.11 Å². The van der Waals surface area contributed by atoms with E-state index in [1.165, 1.54) is 24.2 Å². The average molecular weight is 283 g/mol. The Balaban J connectivity index is 1.71. The van der Waals surface area contributed by atoms with Crippen LogP contribution in [0.5, 0.6) is 5.88 Å². The lowest BCUT2D eigenvalue weighted by Gasteiger charge is -2.26. The maximum atomic E-state index is 9.64. The van der Waals surface area contributed by atoms with Crippen molar-refractivity contribution in [1.29, 1.82) is 0 Å². The van der Waals surface area contributed by atoms with Crippen molar-refractivity contribution in [3.05, 3.63) is 9.88 Å². The smallest absolute Gasteiger partial charge is 0.232 e. The summed E-state index contributed by atoms with van der Waals surface area (Å²) in [7, 11) is 0. The van der Waals surface area contributed by atoms with Gasteiger partial charge in [-0.25, -0.2) is 4.98 Å². The van der Waals surface area contributed by atoms with Crippen LogP contribution in [-0.4, -0.2) is 22.2 Å². The van der Waals surface area contributed by atoms with Gasteiger partial charge in [-0.1, -0.05) is 0 Å². The summed E-state index contributed by atoms with van der Waals surface area (Å²) in [5.74, 6) is 1.10. The largest absolute Gasteiger partial charge is 0.473 e. The van der Waals surface area contributed by atoms with E-state index in [4.69, 9.17) is 16.2 Å². The van der Waals surface area contributed by atoms with Crippen molar-refractivity contribution in [2.75, 3.05) is 0 Å². The minimum Gasteiger partial charge on any atom is -0.473 e. The molecule has 0 bridgehead atoms. The first-order valence-corrected chi connectivity index (χ1v) is 7.81. The zero-order valence-electron chi connectivity index (χ0n) is 10.9. The van der Waals surface area contributed by atoms with E-state index in [1.54, 1.807) is 0 Å². The maximum absolute atomic E-state index is 9.64. The van der Waals surface area contributed by atoms with Crippen LogP contribution in [0.2, 0.25) is 0 Å². The van der Waals surface area contributed by atoms with Crippen molar-refractivity contribution in [3.8, 4) is 5.88 Å². The number of hydrogen-bond donors (Lipinski definition) is 3. The van der Waals surface area contributed by atoms with Gasteiger partial charge in [0.2, 0.25) is 5.88 Å². The van der Waals surface area contributed by atoms with E-state index >= 15 is 0 Å². The minimum absolute atomic E-state index is 0.159. The highest BCUT2D eigenvalue weighted by molar-refractivity contribution is 7.12. The molecule has 2 saturated carbocycles. The summed E-state index contributed by atoms with van der Waals surface area (Å²) in [6.45, 7) is 0. The van der Waals surface area contributed by atoms with Gasteiger partial charge in [0.05, 0.1) is 0 Å². The molecule has 0 aliphatic heterocycles. The van der Waals surface area contributed by atoms with E-state index in [1.807, 2.05) is 0 Å². The first-order valence-electron chi connectivity index (χ1n) is 7.00. The van der Waals surface area contributed by atoms with Crippen LogP contribution in [-0.2, 0) is 0 Å². The normalized spacial score (nSPS) is 29.2. The van der Waals surface area contributed by atoms with E-state index < -0.39 is 6.23 Å². The number of thiazole rings is 1. The molecule has 1 unspecified atom stereocenters. The summed E-state index contributed by atoms with van der Waals surface area (Å²) in [4.78, 5) is 5.20. The summed E-state index contributed by atoms with van der Waals surface area (Å²) in [6.07, 6.45) is 5.43. The highest BCUT2D eigenvalue weighted by Gasteiger charge is 2.31. The monoisotopic (exact) mass is 283 g/mol. The number of aromatic nitrogens is 1. The number of rotatable bonds is 4. The molecule has 0 aromatic carbocycles. The van der Waals surface area contributed by atoms with Gasteiger partial charge in [-0.05, 0) is 38.5 Å². The first kappa shape index (κ1) is 13.3. The van der Waals surface area contributed by atoms with Crippen molar-refractivity contribution < 1.29 is 9.84 Å². The molecule has 19 heavy (non-hydrogen) atoms. The third-order valence-corrected chi connectivity index (χ3v) is 5.10. The van der Waals surface area contributed by atoms with Crippen molar-refractivity contribution in [2.45, 2.75) is 62.8 Å². The van der Waals surface area contributed by atoms with Crippen LogP contribution in [0.25, 0.3) is 0 Å². The lowest BCUT2D eigenvalue weighted by molar-refractivity contribution is 0.130. The van der Waals surface area contributed by atoms with E-state index in [0.717, 1.165) is 30.7 Å². The lowest BCUT2D eigenvalue weighted by Crippen LogP contribution is -2.32. The molecule has 0 spiro atoms. The zero-order valence-corrected chi connectivity index (χ0v) is 11.7. The highest BCUT2D eigenvalue weighted by Crippen LogP contribution is 2.45. The predicted molar refractivity (Wildman–Crippen MR) is 74.1 cm³/mol. The molecule has 5 N–H and O–H groups in total. The van der Waals surface area contributed by atoms with Gasteiger partial charge in [0.15, 0.2) is 0 Å². The molecular formula is C13H21N3O2S. The SMILES string of the molecule is NC(O)c1sc(C2CC2)nc1O[C@H]1CC[C@H](N)CC1. The maximum Gasteiger partial charge on any atom is 0.232 e. The molecule has 3 rings (SSSR count). The molecular weight excluding hydrogens is 262 g/mol. The topological polar surface area (TPSA) is 94.4 Å². The first-order chi connectivity index (χ1) is 9.13. The fraction of sp³-hybridized carbons (Fsp3) is 0.769. The third kappa shape index (κ3) is 3.08. The molecule has 1 heterocycles. The van der Waals surface area contributed by atoms with Gasteiger partial charge in [-0.3, -0.25) is 0 Å². The summed E-state index contributed by atoms with van der Waals surface area (Å²) < 4.78 is 5.96. The van der Waals surface area contributed by atoms with Crippen LogP contribution in [0, 0.1) is 0 Å². The Hall–Kier alpha value is -0.690. The van der Waals surface area contributed by atoms with Gasteiger partial charge in [0.1, 0.15) is 22.2 Å². The Kier molecular flexibility index (Phi) is 3.75. The number of aliphatic hydroxyl groups excluding tert-OH is 1. The van der Waals surface area contributed by atoms with Crippen molar-refractivity contribution in [2.24, 2.45) is 11.5 Å². The van der Waals surface area contributed by atoms with Crippen LogP contribution in [0.1, 0.15) is 60.6 Å². The Labute approximate surface area is 117 Å². The predicted octanol–water partition coefficient (Wildman–Crippen LogP) is 1.62. The average Bonchev–Trinajstić information content (AvgIpc) is 3.14. The lowest BCUT2D eigenvalue weighted by atomic mass is 9.94. The third-order valence-electron chi connectivity index (χ3n) is 3.83. The van der Waals surface area contributed by atoms with Gasteiger partial charge < -0.3 is 21.3 Å². The summed E-state index contributed by atoms with van der Waals surface area (Å²) in [5.41, 5.74) is 11.5. The van der Waals surface area contributed by atoms with Crippen LogP contribution < -0.4 is 16.2 Å². The van der Waals surface area contributed by atoms with Gasteiger partial charge in [0, 0.05) is 12.0 Å². The van der Waals surface area contributed by atoms with Gasteiger partial charge in [-0.2, -0.15) is 0 Å². The molecule has 2 aliphatic rings. The summed E-state index contributed by atoms with van der Waals surface area (Å²) in [5, 5.41) is 10.7. The molecule has 1 aromatic rings. The Morgan fingerprint density at radius 1 is 1.21 bits per heavy atom. The van der Waals surface area contributed by atoms with Crippen molar-refractivity contribution in [3.63, 3.8) is 0 Å². The zero-order chi connectivity index (χ0) is 13.4. The number of nitrogens with zero attached hydrogens (tertiary/aromatic N) is 1. The van der Waals surface area contributed by atoms with E-state index in [0.29, 0.717) is 22.7 Å². The highest BCUT2D eigenvalue weighted by atomic mass is 32.1. The molecule has 2 fully saturated rings. The molecule has 5 nitrogen and oxygen atoms in total. The molecule has 0 radical (unpaired) electrons. The van der Waals surface area contributed by atoms with Crippen LogP contribution >= 0.6 is 11.3 Å². The fourth-order valence-electron chi connectivity index (χ4n) is 2.47. The second kappa shape index (κ2) is 5.36. The van der Waals surface area contributed by atoms with E-state index in [-0.39, 0.29) is 6.10 Å². The molecule has 0 amide bonds. The summed E-state index contributed by atoms with van der Waals surface area (Å²) in [6, 6.07) is 0.303. The quantitative estimate of drug-likeness (QED) is 0.730. The fourth-order valence-corrected chi connectivity index (χ4v) is 3.53. The minimum atomic E-state index is -0.995. The standard InChI is InChI=1S/C13H21N3O2S/c14-8-3-5-9(6-4-8)18-12-10(11(15)17)19-13(16-12)7-1-2-7/h7-9,11,17H,1-6,14-15H2/t8-,9-,11?. The van der Waals surface area contributed by atoms with Crippen molar-refractivity contribution in [1.82, 2.24) is 4.98 Å². The number of hydrogen-bond acceptors (Lipinski definition) is 6. The molecule has 6 heteroatoms. The van der Waals surface area contributed by atoms with Crippen LogP contribution in [0.4, 0.5) is 0 Å². The molecule has 1 aromatic heterocycles. The molecule has 0 saturated heterocycles. The number of ether oxygens (including phenoxy) is 1. The second-order valence-corrected chi connectivity index (χ2v) is 6.66. The molecule has 2 aliphatic carbocycles. The Bertz CT molecular complexity index is 437. The number of aliphatic hydroxyl groups is 1. The van der Waals surface area contributed by atoms with Gasteiger partial charge in [-0.15, -0.1) is 11.3 Å².